The number of likely N-dealkylation sites (N-methyl/N-ethyl adjacent to an activating group) is 2. The Morgan fingerprint density at radius 2 is 1.12 bits per heavy atom. The summed E-state index contributed by atoms with van der Waals surface area (Å²) in [6.45, 7) is 2.11. The maximum absolute atomic E-state index is 13.7. The standard InChI is InChI=1S/C34H41Cl3N4O8S2/c1-4-23-11-13-25(29(36)19-23)31-27-21-40(50(44,45)38(31)2)15-7-5-10-18-49-34(43)28-22-41(16-8-6-9-17-48-33(27)42)51(46,47)39(3)32(28)26-14-12-24(35)20-30(26)37/h11-14,19-22,31-32H,4-10,15-18H2,1-3H3. The van der Waals surface area contributed by atoms with E-state index in [9.17, 15) is 26.4 Å². The van der Waals surface area contributed by atoms with Crippen LogP contribution in [0.5, 0.6) is 0 Å². The van der Waals surface area contributed by atoms with Gasteiger partial charge in [0.25, 0.3) is 0 Å². The van der Waals surface area contributed by atoms with E-state index >= 15 is 0 Å². The fourth-order valence-corrected chi connectivity index (χ4v) is 9.99. The predicted octanol–water partition coefficient (Wildman–Crippen LogP) is 6.18. The van der Waals surface area contributed by atoms with Crippen LogP contribution < -0.4 is 0 Å². The fraction of sp³-hybridized carbons (Fsp3) is 0.471. The summed E-state index contributed by atoms with van der Waals surface area (Å²) >= 11 is 19.2. The van der Waals surface area contributed by atoms with Crippen LogP contribution in [0, 0.1) is 0 Å². The van der Waals surface area contributed by atoms with E-state index < -0.39 is 44.4 Å². The highest BCUT2D eigenvalue weighted by atomic mass is 35.5. The third kappa shape index (κ3) is 8.37. The molecule has 0 aliphatic carbocycles. The number of nitrogens with zero attached hydrogens (tertiary/aromatic N) is 4. The zero-order chi connectivity index (χ0) is 37.1. The molecule has 2 atom stereocenters. The van der Waals surface area contributed by atoms with E-state index in [4.69, 9.17) is 44.3 Å². The lowest BCUT2D eigenvalue weighted by molar-refractivity contribution is -0.140. The number of cyclic esters (lactones) is 2. The van der Waals surface area contributed by atoms with Gasteiger partial charge in [0.1, 0.15) is 0 Å². The molecule has 0 spiro atoms. The Balaban J connectivity index is 1.41. The Morgan fingerprint density at radius 1 is 0.667 bits per heavy atom. The average molecular weight is 804 g/mol. The molecule has 3 heterocycles. The molecule has 0 saturated carbocycles. The van der Waals surface area contributed by atoms with Gasteiger partial charge in [-0.2, -0.15) is 25.4 Å². The van der Waals surface area contributed by atoms with E-state index in [-0.39, 0.29) is 42.5 Å². The molecule has 278 valence electrons. The van der Waals surface area contributed by atoms with Gasteiger partial charge >= 0.3 is 32.4 Å². The van der Waals surface area contributed by atoms with Crippen LogP contribution in [0.15, 0.2) is 59.9 Å². The largest absolute Gasteiger partial charge is 0.462 e. The van der Waals surface area contributed by atoms with Gasteiger partial charge in [-0.1, -0.05) is 59.9 Å². The van der Waals surface area contributed by atoms with Crippen molar-refractivity contribution in [1.82, 2.24) is 17.2 Å². The van der Waals surface area contributed by atoms with Crippen LogP contribution in [0.2, 0.25) is 15.1 Å². The summed E-state index contributed by atoms with van der Waals surface area (Å²) < 4.78 is 70.5. The van der Waals surface area contributed by atoms with Crippen molar-refractivity contribution < 1.29 is 35.9 Å². The number of carbonyl (C=O) groups excluding carboxylic acids is 2. The second kappa shape index (κ2) is 16.4. The summed E-state index contributed by atoms with van der Waals surface area (Å²) in [5.41, 5.74) is 2.00. The summed E-state index contributed by atoms with van der Waals surface area (Å²) in [5.74, 6) is -1.38. The average Bonchev–Trinajstić information content (AvgIpc) is 3.08. The molecule has 0 saturated heterocycles. The normalized spacial score (nSPS) is 24.2. The second-order valence-corrected chi connectivity index (χ2v) is 17.6. The SMILES string of the molecule is CCc1ccc(C2C3=CN(CCCCCOC(=O)C4=CN(CCCCCOC3=O)S(=O)(=O)N(C)C4c3ccc(Cl)cc3Cl)S(=O)(=O)N2C)c(Cl)c1. The topological polar surface area (TPSA) is 134 Å². The van der Waals surface area contributed by atoms with Crippen LogP contribution >= 0.6 is 34.8 Å². The van der Waals surface area contributed by atoms with Crippen molar-refractivity contribution >= 4 is 67.2 Å². The van der Waals surface area contributed by atoms with Crippen LogP contribution in [0.4, 0.5) is 0 Å². The number of benzene rings is 2. The first-order chi connectivity index (χ1) is 24.2. The lowest BCUT2D eigenvalue weighted by atomic mass is 9.97. The van der Waals surface area contributed by atoms with Crippen molar-refractivity contribution in [3.05, 3.63) is 91.7 Å². The van der Waals surface area contributed by atoms with E-state index in [1.165, 1.54) is 32.6 Å². The zero-order valence-electron chi connectivity index (χ0n) is 28.6. The Morgan fingerprint density at radius 3 is 1.55 bits per heavy atom. The van der Waals surface area contributed by atoms with Crippen LogP contribution in [0.1, 0.15) is 74.2 Å². The number of halogens is 3. The minimum atomic E-state index is -4.06. The molecule has 0 N–H and O–H groups in total. The second-order valence-electron chi connectivity index (χ2n) is 12.5. The maximum Gasteiger partial charge on any atom is 0.337 e. The van der Waals surface area contributed by atoms with Crippen molar-refractivity contribution in [3.8, 4) is 0 Å². The number of rotatable bonds is 3. The molecule has 2 aromatic rings. The van der Waals surface area contributed by atoms with E-state index in [2.05, 4.69) is 0 Å². The van der Waals surface area contributed by atoms with Crippen molar-refractivity contribution in [2.24, 2.45) is 0 Å². The molecule has 0 radical (unpaired) electrons. The third-order valence-electron chi connectivity index (χ3n) is 9.21. The number of hydrogen-bond acceptors (Lipinski definition) is 8. The van der Waals surface area contributed by atoms with Crippen molar-refractivity contribution in [2.45, 2.75) is 64.0 Å². The third-order valence-corrected chi connectivity index (χ3v) is 13.7. The molecular weight excluding hydrogens is 763 g/mol. The quantitative estimate of drug-likeness (QED) is 0.336. The number of aryl methyl sites for hydroxylation is 1. The molecule has 0 aromatic heterocycles. The first-order valence-corrected chi connectivity index (χ1v) is 20.6. The molecule has 17 heteroatoms. The van der Waals surface area contributed by atoms with Crippen LogP contribution in [0.3, 0.4) is 0 Å². The highest BCUT2D eigenvalue weighted by Gasteiger charge is 2.44. The van der Waals surface area contributed by atoms with Gasteiger partial charge in [-0.3, -0.25) is 8.61 Å². The minimum absolute atomic E-state index is 0.00209. The molecule has 4 bridgehead atoms. The molecule has 5 rings (SSSR count). The Kier molecular flexibility index (Phi) is 12.7. The van der Waals surface area contributed by atoms with Gasteiger partial charge < -0.3 is 9.47 Å². The van der Waals surface area contributed by atoms with E-state index in [1.807, 2.05) is 13.0 Å². The molecule has 0 amide bonds. The first-order valence-electron chi connectivity index (χ1n) is 16.7. The van der Waals surface area contributed by atoms with Crippen molar-refractivity contribution in [2.75, 3.05) is 40.4 Å². The summed E-state index contributed by atoms with van der Waals surface area (Å²) in [5, 5.41) is 0.881. The monoisotopic (exact) mass is 802 g/mol. The Bertz CT molecular complexity index is 1940. The fourth-order valence-electron chi connectivity index (χ4n) is 6.31. The predicted molar refractivity (Wildman–Crippen MR) is 195 cm³/mol. The molecule has 3 aliphatic heterocycles. The first kappa shape index (κ1) is 39.4. The van der Waals surface area contributed by atoms with Gasteiger partial charge in [0.05, 0.1) is 36.4 Å². The molecule has 0 fully saturated rings. The van der Waals surface area contributed by atoms with E-state index in [0.717, 1.165) is 29.2 Å². The molecule has 51 heavy (non-hydrogen) atoms. The number of esters is 2. The summed E-state index contributed by atoms with van der Waals surface area (Å²) in [6, 6.07) is 7.90. The number of hydrogen-bond donors (Lipinski definition) is 0. The Labute approximate surface area is 314 Å². The van der Waals surface area contributed by atoms with Gasteiger partial charge in [0.15, 0.2) is 0 Å². The molecule has 12 nitrogen and oxygen atoms in total. The highest BCUT2D eigenvalue weighted by Crippen LogP contribution is 2.41. The number of ether oxygens (including phenoxy) is 2. The van der Waals surface area contributed by atoms with E-state index in [1.54, 1.807) is 24.3 Å². The highest BCUT2D eigenvalue weighted by molar-refractivity contribution is 7.87. The molecule has 2 aromatic carbocycles. The minimum Gasteiger partial charge on any atom is -0.462 e. The maximum atomic E-state index is 13.7. The summed E-state index contributed by atoms with van der Waals surface area (Å²) in [6.07, 6.45) is 5.89. The summed E-state index contributed by atoms with van der Waals surface area (Å²) in [7, 11) is -5.32. The van der Waals surface area contributed by atoms with Crippen molar-refractivity contribution in [1.29, 1.82) is 0 Å². The van der Waals surface area contributed by atoms with Gasteiger partial charge in [0.2, 0.25) is 0 Å². The molecule has 2 unspecified atom stereocenters. The molecular formula is C34H41Cl3N4O8S2. The lowest BCUT2D eigenvalue weighted by Gasteiger charge is -2.38. The summed E-state index contributed by atoms with van der Waals surface area (Å²) in [4.78, 5) is 27.2. The zero-order valence-corrected chi connectivity index (χ0v) is 32.5. The Hall–Kier alpha value is -2.85. The van der Waals surface area contributed by atoms with Gasteiger partial charge in [-0.05, 0) is 79.8 Å². The van der Waals surface area contributed by atoms with Crippen LogP contribution in [-0.4, -0.2) is 86.4 Å². The van der Waals surface area contributed by atoms with Gasteiger partial charge in [0, 0.05) is 54.7 Å². The molecule has 3 aliphatic rings. The number of carbonyl (C=O) groups is 2. The van der Waals surface area contributed by atoms with E-state index in [0.29, 0.717) is 59.7 Å². The van der Waals surface area contributed by atoms with Gasteiger partial charge in [-0.15, -0.1) is 0 Å². The van der Waals surface area contributed by atoms with Crippen LogP contribution in [-0.2, 0) is 45.9 Å². The van der Waals surface area contributed by atoms with Crippen molar-refractivity contribution in [3.63, 3.8) is 0 Å². The van der Waals surface area contributed by atoms with Gasteiger partial charge in [-0.25, -0.2) is 9.59 Å². The lowest BCUT2D eigenvalue weighted by Crippen LogP contribution is -2.47. The number of fused-ring (bicyclic) bond motifs is 2. The smallest absolute Gasteiger partial charge is 0.337 e. The van der Waals surface area contributed by atoms with Crippen LogP contribution in [0.25, 0.3) is 0 Å².